The van der Waals surface area contributed by atoms with E-state index in [2.05, 4.69) is 37.2 Å². The van der Waals surface area contributed by atoms with Crippen LogP contribution in [0.2, 0.25) is 0 Å². The minimum atomic E-state index is -3.48. The fraction of sp³-hybridized carbons (Fsp3) is 0. The van der Waals surface area contributed by atoms with E-state index in [9.17, 15) is 196 Å². The molecule has 0 bridgehead atoms. The first-order chi connectivity index (χ1) is 47.9. The van der Waals surface area contributed by atoms with Gasteiger partial charge in [-0.15, -0.1) is 0 Å². The summed E-state index contributed by atoms with van der Waals surface area (Å²) in [6.07, 6.45) is 0. The second kappa shape index (κ2) is 34.5. The van der Waals surface area contributed by atoms with Crippen LogP contribution in [0.4, 0.5) is 176 Å². The van der Waals surface area contributed by atoms with Crippen molar-refractivity contribution in [3.8, 4) is 46.0 Å². The molecular formula is C48B4F40O12Sn. The molecule has 12 nitrogen and oxygen atoms in total. The molecule has 0 aliphatic rings. The number of halogens is 40. The van der Waals surface area contributed by atoms with Crippen molar-refractivity contribution in [2.75, 3.05) is 0 Å². The van der Waals surface area contributed by atoms with Crippen molar-refractivity contribution in [3.05, 3.63) is 233 Å². The van der Waals surface area contributed by atoms with Crippen molar-refractivity contribution >= 4 is 53.2 Å². The Morgan fingerprint density at radius 1 is 0.114 bits per heavy atom. The average Bonchev–Trinajstić information content (AvgIpc) is 0.797. The Balaban J connectivity index is 0.000000295. The summed E-state index contributed by atoms with van der Waals surface area (Å²) >= 11 is 0. The summed E-state index contributed by atoms with van der Waals surface area (Å²) in [4.78, 5) is 0. The Kier molecular flexibility index (Phi) is 28.8. The van der Waals surface area contributed by atoms with E-state index in [1.165, 1.54) is 0 Å². The van der Waals surface area contributed by atoms with Crippen LogP contribution in [0, 0.1) is 233 Å². The maximum Gasteiger partial charge on any atom is 4.00 e. The molecule has 8 rings (SSSR count). The van der Waals surface area contributed by atoms with E-state index in [4.69, 9.17) is 0 Å². The van der Waals surface area contributed by atoms with Crippen molar-refractivity contribution in [1.82, 2.24) is 0 Å². The van der Waals surface area contributed by atoms with E-state index in [0.29, 0.717) is 0 Å². The molecule has 0 aliphatic carbocycles. The Bertz CT molecular complexity index is 3630. The van der Waals surface area contributed by atoms with Crippen LogP contribution >= 0.6 is 0 Å². The van der Waals surface area contributed by atoms with Crippen molar-refractivity contribution in [2.45, 2.75) is 0 Å². The van der Waals surface area contributed by atoms with Gasteiger partial charge >= 0.3 is 53.2 Å². The van der Waals surface area contributed by atoms with Crippen LogP contribution in [-0.2, 0) is 0 Å². The minimum Gasteiger partial charge on any atom is -0.808 e. The fourth-order valence-corrected chi connectivity index (χ4v) is 6.37. The molecule has 0 aliphatic heterocycles. The van der Waals surface area contributed by atoms with Gasteiger partial charge < -0.3 is 57.3 Å². The topological polar surface area (TPSA) is 166 Å². The molecule has 0 spiro atoms. The normalized spacial score (nSPS) is 10.8. The molecule has 0 atom stereocenters. The van der Waals surface area contributed by atoms with Gasteiger partial charge in [0.25, 0.3) is 0 Å². The molecule has 105 heavy (non-hydrogen) atoms. The number of hydrogen-bond acceptors (Lipinski definition) is 12. The van der Waals surface area contributed by atoms with Crippen LogP contribution in [0.1, 0.15) is 0 Å². The molecule has 0 amide bonds. The molecule has 0 fully saturated rings. The Morgan fingerprint density at radius 2 is 0.162 bits per heavy atom. The minimum absolute atomic E-state index is 0. The summed E-state index contributed by atoms with van der Waals surface area (Å²) in [5.74, 6) is -121. The fourth-order valence-electron chi connectivity index (χ4n) is 6.37. The quantitative estimate of drug-likeness (QED) is 0.0389. The van der Waals surface area contributed by atoms with Crippen molar-refractivity contribution < 1.29 is 233 Å². The number of hydrogen-bond donors (Lipinski definition) is 0. The zero-order chi connectivity index (χ0) is 79.7. The van der Waals surface area contributed by atoms with Crippen LogP contribution in [-0.4, -0.2) is 53.2 Å². The predicted molar refractivity (Wildman–Crippen MR) is 244 cm³/mol. The third-order valence-corrected chi connectivity index (χ3v) is 11.1. The Morgan fingerprint density at radius 3 is 0.219 bits per heavy atom. The zero-order valence-corrected chi connectivity index (χ0v) is 49.7. The summed E-state index contributed by atoms with van der Waals surface area (Å²) in [7, 11) is -13.9. The summed E-state index contributed by atoms with van der Waals surface area (Å²) < 4.78 is 551. The van der Waals surface area contributed by atoms with Gasteiger partial charge in [0.1, 0.15) is 0 Å². The van der Waals surface area contributed by atoms with Crippen LogP contribution in [0.3, 0.4) is 0 Å². The Labute approximate surface area is 563 Å². The molecule has 0 heterocycles. The Hall–Kier alpha value is -9.74. The van der Waals surface area contributed by atoms with E-state index in [1.54, 1.807) is 0 Å². The van der Waals surface area contributed by atoms with Gasteiger partial charge in [-0.2, -0.15) is 70.2 Å². The van der Waals surface area contributed by atoms with Gasteiger partial charge in [0, 0.05) is 0 Å². The molecule has 0 radical (unpaired) electrons. The molecule has 8 aromatic rings. The summed E-state index contributed by atoms with van der Waals surface area (Å²) in [5, 5.41) is 45.2. The van der Waals surface area contributed by atoms with E-state index in [0.717, 1.165) is 0 Å². The van der Waals surface area contributed by atoms with E-state index < -0.39 is 308 Å². The maximum absolute atomic E-state index is 13.3. The van der Waals surface area contributed by atoms with Gasteiger partial charge in [-0.05, 0) is 0 Å². The predicted octanol–water partition coefficient (Wildman–Crippen LogP) is 11.1. The van der Waals surface area contributed by atoms with E-state index >= 15 is 0 Å². The van der Waals surface area contributed by atoms with Gasteiger partial charge in [-0.3, -0.25) is 0 Å². The van der Waals surface area contributed by atoms with Gasteiger partial charge in [0.15, 0.2) is 46.0 Å². The van der Waals surface area contributed by atoms with Gasteiger partial charge in [-0.25, -0.2) is 105 Å². The second-order valence-electron chi connectivity index (χ2n) is 17.3. The summed E-state index contributed by atoms with van der Waals surface area (Å²) in [6, 6.07) is 0. The number of benzene rings is 8. The molecule has 0 saturated heterocycles. The maximum atomic E-state index is 13.3. The molecule has 0 saturated carbocycles. The first kappa shape index (κ1) is 87.7. The van der Waals surface area contributed by atoms with Crippen LogP contribution in [0.25, 0.3) is 0 Å². The van der Waals surface area contributed by atoms with Gasteiger partial charge in [0.2, 0.25) is 233 Å². The standard InChI is InChI=1S/4C12BF10O3.Sn/c4*14-1-3(16)7(20)11(8(21)4(1)17)25-13(24)26-12-9(22)5(18)2(15)6(19)10(12)23;/q4*-1;+4. The van der Waals surface area contributed by atoms with Crippen LogP contribution in [0.15, 0.2) is 0 Å². The van der Waals surface area contributed by atoms with Crippen LogP contribution < -0.4 is 57.3 Å². The SMILES string of the molecule is [O-]B(Oc1c(F)c(F)c(F)c(F)c1F)Oc1c(F)c(F)c(F)c(F)c1F.[O-]B(Oc1c(F)c(F)c(F)c(F)c1F)Oc1c(F)c(F)c(F)c(F)c1F.[O-]B(Oc1c(F)c(F)c(F)c(F)c1F)Oc1c(F)c(F)c(F)c(F)c1F.[O-]B(Oc1c(F)c(F)c(F)c(F)c1F)Oc1c(F)c(F)c(F)c(F)c1F.[Sn+4]. The monoisotopic (exact) mass is 1690 g/mol. The van der Waals surface area contributed by atoms with Crippen molar-refractivity contribution in [3.63, 3.8) is 0 Å². The van der Waals surface area contributed by atoms with E-state index in [1.807, 2.05) is 0 Å². The van der Waals surface area contributed by atoms with Crippen molar-refractivity contribution in [2.24, 2.45) is 0 Å². The van der Waals surface area contributed by atoms with Crippen LogP contribution in [0.5, 0.6) is 46.0 Å². The van der Waals surface area contributed by atoms with Gasteiger partial charge in [0.05, 0.1) is 0 Å². The smallest absolute Gasteiger partial charge is 0.808 e. The third kappa shape index (κ3) is 17.5. The molecular weight excluding hydrogens is 1690 g/mol. The molecule has 0 aromatic heterocycles. The second-order valence-corrected chi connectivity index (χ2v) is 17.3. The average molecular weight is 1690 g/mol. The molecule has 0 unspecified atom stereocenters. The molecule has 57 heteroatoms. The van der Waals surface area contributed by atoms with Gasteiger partial charge in [-0.1, -0.05) is 0 Å². The van der Waals surface area contributed by atoms with Crippen molar-refractivity contribution in [1.29, 1.82) is 0 Å². The molecule has 560 valence electrons. The third-order valence-electron chi connectivity index (χ3n) is 11.1. The summed E-state index contributed by atoms with van der Waals surface area (Å²) in [5.41, 5.74) is 0. The first-order valence-electron chi connectivity index (χ1n) is 24.0. The molecule has 0 N–H and O–H groups in total. The van der Waals surface area contributed by atoms with E-state index in [-0.39, 0.29) is 23.9 Å². The number of rotatable bonds is 16. The molecule has 8 aromatic carbocycles. The zero-order valence-electron chi connectivity index (χ0n) is 46.8. The largest absolute Gasteiger partial charge is 4.00 e. The first-order valence-corrected chi connectivity index (χ1v) is 24.0. The summed E-state index contributed by atoms with van der Waals surface area (Å²) in [6.45, 7) is 0.